The van der Waals surface area contributed by atoms with E-state index in [-0.39, 0.29) is 17.6 Å². The van der Waals surface area contributed by atoms with E-state index in [0.717, 1.165) is 29.2 Å². The third kappa shape index (κ3) is 4.91. The number of likely N-dealkylation sites (tertiary alicyclic amines) is 1. The van der Waals surface area contributed by atoms with E-state index in [0.29, 0.717) is 12.3 Å². The highest BCUT2D eigenvalue weighted by Crippen LogP contribution is 2.29. The van der Waals surface area contributed by atoms with Crippen LogP contribution < -0.4 is 5.32 Å². The molecule has 1 amide bonds. The Labute approximate surface area is 182 Å². The van der Waals surface area contributed by atoms with Crippen molar-refractivity contribution in [3.63, 3.8) is 0 Å². The number of nitrogens with one attached hydrogen (secondary N) is 1. The van der Waals surface area contributed by atoms with Gasteiger partial charge in [0.2, 0.25) is 0 Å². The first kappa shape index (κ1) is 20.6. The lowest BCUT2D eigenvalue weighted by Crippen LogP contribution is -2.39. The fraction of sp³-hybridized carbons (Fsp3) is 0.333. The second kappa shape index (κ2) is 9.92. The van der Waals surface area contributed by atoms with Crippen LogP contribution in [0.15, 0.2) is 65.2 Å². The number of amides is 1. The molecule has 1 aliphatic rings. The van der Waals surface area contributed by atoms with E-state index in [2.05, 4.69) is 15.4 Å². The van der Waals surface area contributed by atoms with Gasteiger partial charge >= 0.3 is 0 Å². The maximum Gasteiger partial charge on any atom is 0.273 e. The highest BCUT2D eigenvalue weighted by Gasteiger charge is 2.24. The van der Waals surface area contributed by atoms with Crippen molar-refractivity contribution in [2.75, 3.05) is 19.6 Å². The second-order valence-corrected chi connectivity index (χ2v) is 8.05. The van der Waals surface area contributed by atoms with Gasteiger partial charge in [0.25, 0.3) is 5.91 Å². The van der Waals surface area contributed by atoms with Crippen LogP contribution in [-0.2, 0) is 0 Å². The first-order chi connectivity index (χ1) is 14.7. The Morgan fingerprint density at radius 3 is 2.47 bits per heavy atom. The highest BCUT2D eigenvalue weighted by atomic mass is 35.5. The Morgan fingerprint density at radius 1 is 1.03 bits per heavy atom. The zero-order chi connectivity index (χ0) is 20.8. The van der Waals surface area contributed by atoms with Crippen LogP contribution in [0.3, 0.4) is 0 Å². The number of nitrogens with zero attached hydrogens (tertiary/aromatic N) is 2. The van der Waals surface area contributed by atoms with Crippen molar-refractivity contribution in [3.05, 3.63) is 76.9 Å². The van der Waals surface area contributed by atoms with E-state index in [1.54, 1.807) is 6.07 Å². The summed E-state index contributed by atoms with van der Waals surface area (Å²) in [4.78, 5) is 15.2. The Balaban J connectivity index is 1.49. The normalized spacial score (nSPS) is 16.0. The number of rotatable bonds is 6. The van der Waals surface area contributed by atoms with Crippen LogP contribution in [-0.4, -0.2) is 35.6 Å². The standard InChI is InChI=1S/C24H26ClN3O2/c25-20-13-7-6-12-19(20)22(28-14-8-1-2-9-15-28)17-26-24(29)21-16-23(30-27-21)18-10-4-3-5-11-18/h3-7,10-13,16,22H,1-2,8-9,14-15,17H2,(H,26,29)/t22-/m1/s1. The summed E-state index contributed by atoms with van der Waals surface area (Å²) in [5.74, 6) is 0.337. The number of aromatic nitrogens is 1. The quantitative estimate of drug-likeness (QED) is 0.581. The fourth-order valence-electron chi connectivity index (χ4n) is 3.99. The Morgan fingerprint density at radius 2 is 1.73 bits per heavy atom. The summed E-state index contributed by atoms with van der Waals surface area (Å²) in [5, 5.41) is 7.74. The number of hydrogen-bond acceptors (Lipinski definition) is 4. The van der Waals surface area contributed by atoms with Crippen LogP contribution in [0.4, 0.5) is 0 Å². The predicted octanol–water partition coefficient (Wildman–Crippen LogP) is 5.34. The molecule has 0 bridgehead atoms. The molecular formula is C24H26ClN3O2. The molecule has 1 aliphatic heterocycles. The molecule has 0 radical (unpaired) electrons. The number of carbonyl (C=O) groups is 1. The number of benzene rings is 2. The summed E-state index contributed by atoms with van der Waals surface area (Å²) >= 11 is 6.52. The third-order valence-electron chi connectivity index (χ3n) is 5.60. The molecule has 3 aromatic rings. The molecule has 6 heteroatoms. The summed E-state index contributed by atoms with van der Waals surface area (Å²) in [6.07, 6.45) is 4.83. The van der Waals surface area contributed by atoms with Gasteiger partial charge in [0.1, 0.15) is 0 Å². The molecule has 5 nitrogen and oxygen atoms in total. The van der Waals surface area contributed by atoms with Crippen LogP contribution in [0.1, 0.15) is 47.8 Å². The SMILES string of the molecule is O=C(NC[C@H](c1ccccc1Cl)N1CCCCCC1)c1cc(-c2ccccc2)on1. The summed E-state index contributed by atoms with van der Waals surface area (Å²) in [6.45, 7) is 2.48. The van der Waals surface area contributed by atoms with Gasteiger partial charge in [-0.1, -0.05) is 78.1 Å². The molecule has 2 aromatic carbocycles. The molecule has 0 spiro atoms. The summed E-state index contributed by atoms with van der Waals surface area (Å²) in [5.41, 5.74) is 2.22. The van der Waals surface area contributed by atoms with Crippen molar-refractivity contribution >= 4 is 17.5 Å². The van der Waals surface area contributed by atoms with Gasteiger partial charge in [0, 0.05) is 23.2 Å². The van der Waals surface area contributed by atoms with E-state index >= 15 is 0 Å². The molecule has 1 aromatic heterocycles. The lowest BCUT2D eigenvalue weighted by molar-refractivity contribution is 0.0924. The molecule has 0 unspecified atom stereocenters. The molecule has 1 N–H and O–H groups in total. The van der Waals surface area contributed by atoms with E-state index in [9.17, 15) is 4.79 Å². The van der Waals surface area contributed by atoms with E-state index in [1.807, 2.05) is 54.6 Å². The molecular weight excluding hydrogens is 398 g/mol. The molecule has 1 saturated heterocycles. The maximum atomic E-state index is 12.8. The minimum absolute atomic E-state index is 0.0289. The lowest BCUT2D eigenvalue weighted by Gasteiger charge is -2.31. The van der Waals surface area contributed by atoms with Crippen LogP contribution in [0.5, 0.6) is 0 Å². The van der Waals surface area contributed by atoms with Crippen molar-refractivity contribution in [2.45, 2.75) is 31.7 Å². The van der Waals surface area contributed by atoms with Gasteiger partial charge in [0.15, 0.2) is 11.5 Å². The van der Waals surface area contributed by atoms with Gasteiger partial charge in [0.05, 0.1) is 6.04 Å². The van der Waals surface area contributed by atoms with Gasteiger partial charge in [-0.3, -0.25) is 9.69 Å². The van der Waals surface area contributed by atoms with Crippen molar-refractivity contribution < 1.29 is 9.32 Å². The van der Waals surface area contributed by atoms with Gasteiger partial charge in [-0.05, 0) is 37.6 Å². The van der Waals surface area contributed by atoms with Crippen LogP contribution in [0, 0.1) is 0 Å². The molecule has 0 aliphatic carbocycles. The monoisotopic (exact) mass is 423 g/mol. The van der Waals surface area contributed by atoms with Crippen LogP contribution in [0.2, 0.25) is 5.02 Å². The van der Waals surface area contributed by atoms with E-state index in [4.69, 9.17) is 16.1 Å². The number of carbonyl (C=O) groups excluding carboxylic acids is 1. The summed E-state index contributed by atoms with van der Waals surface area (Å²) in [7, 11) is 0. The third-order valence-corrected chi connectivity index (χ3v) is 5.95. The molecule has 2 heterocycles. The van der Waals surface area contributed by atoms with E-state index < -0.39 is 0 Å². The van der Waals surface area contributed by atoms with Crippen molar-refractivity contribution in [1.29, 1.82) is 0 Å². The number of hydrogen-bond donors (Lipinski definition) is 1. The highest BCUT2D eigenvalue weighted by molar-refractivity contribution is 6.31. The summed E-state index contributed by atoms with van der Waals surface area (Å²) < 4.78 is 5.37. The van der Waals surface area contributed by atoms with Gasteiger partial charge < -0.3 is 9.84 Å². The number of halogens is 1. The minimum atomic E-state index is -0.243. The average molecular weight is 424 g/mol. The first-order valence-electron chi connectivity index (χ1n) is 10.5. The maximum absolute atomic E-state index is 12.8. The topological polar surface area (TPSA) is 58.4 Å². The molecule has 1 atom stereocenters. The molecule has 4 rings (SSSR count). The van der Waals surface area contributed by atoms with Gasteiger partial charge in [-0.25, -0.2) is 0 Å². The Hall–Kier alpha value is -2.63. The molecule has 1 fully saturated rings. The zero-order valence-corrected chi connectivity index (χ0v) is 17.6. The van der Waals surface area contributed by atoms with Gasteiger partial charge in [-0.2, -0.15) is 0 Å². The Kier molecular flexibility index (Phi) is 6.82. The molecule has 156 valence electrons. The van der Waals surface area contributed by atoms with Crippen molar-refractivity contribution in [2.24, 2.45) is 0 Å². The van der Waals surface area contributed by atoms with Crippen molar-refractivity contribution in [1.82, 2.24) is 15.4 Å². The summed E-state index contributed by atoms with van der Waals surface area (Å²) in [6, 6.07) is 19.2. The molecule has 30 heavy (non-hydrogen) atoms. The first-order valence-corrected chi connectivity index (χ1v) is 10.9. The van der Waals surface area contributed by atoms with Crippen molar-refractivity contribution in [3.8, 4) is 11.3 Å². The fourth-order valence-corrected chi connectivity index (χ4v) is 4.25. The largest absolute Gasteiger partial charge is 0.355 e. The second-order valence-electron chi connectivity index (χ2n) is 7.64. The van der Waals surface area contributed by atoms with Gasteiger partial charge in [-0.15, -0.1) is 0 Å². The Bertz CT molecular complexity index is 965. The minimum Gasteiger partial charge on any atom is -0.355 e. The zero-order valence-electron chi connectivity index (χ0n) is 16.9. The average Bonchev–Trinajstić information content (AvgIpc) is 3.13. The lowest BCUT2D eigenvalue weighted by atomic mass is 10.0. The van der Waals surface area contributed by atoms with Crippen LogP contribution >= 0.6 is 11.6 Å². The predicted molar refractivity (Wildman–Crippen MR) is 119 cm³/mol. The van der Waals surface area contributed by atoms with E-state index in [1.165, 1.54) is 25.7 Å². The van der Waals surface area contributed by atoms with Crippen LogP contribution in [0.25, 0.3) is 11.3 Å². The molecule has 0 saturated carbocycles. The smallest absolute Gasteiger partial charge is 0.273 e.